The third-order valence-electron chi connectivity index (χ3n) is 3.76. The van der Waals surface area contributed by atoms with Crippen LogP contribution in [0, 0.1) is 5.92 Å². The molecule has 0 saturated carbocycles. The van der Waals surface area contributed by atoms with Gasteiger partial charge in [-0.15, -0.1) is 0 Å². The van der Waals surface area contributed by atoms with Crippen LogP contribution in [0.25, 0.3) is 0 Å². The first-order valence-corrected chi connectivity index (χ1v) is 6.91. The molecule has 98 valence electrons. The Morgan fingerprint density at radius 3 is 3.00 bits per heavy atom. The van der Waals surface area contributed by atoms with E-state index in [1.54, 1.807) is 0 Å². The topological polar surface area (TPSA) is 41.6 Å². The predicted molar refractivity (Wildman–Crippen MR) is 66.8 cm³/mol. The summed E-state index contributed by atoms with van der Waals surface area (Å²) in [5.74, 6) is 0.853. The summed E-state index contributed by atoms with van der Waals surface area (Å²) in [4.78, 5) is 14.3. The van der Waals surface area contributed by atoms with E-state index in [0.717, 1.165) is 45.7 Å². The molecule has 4 nitrogen and oxygen atoms in total. The fraction of sp³-hybridized carbons (Fsp3) is 0.923. The molecular formula is C13H24N2O2. The van der Waals surface area contributed by atoms with Gasteiger partial charge in [-0.2, -0.15) is 0 Å². The van der Waals surface area contributed by atoms with Gasteiger partial charge in [-0.25, -0.2) is 0 Å². The molecule has 0 aromatic carbocycles. The molecule has 17 heavy (non-hydrogen) atoms. The van der Waals surface area contributed by atoms with Crippen LogP contribution < -0.4 is 5.32 Å². The van der Waals surface area contributed by atoms with E-state index in [1.807, 2.05) is 11.8 Å². The van der Waals surface area contributed by atoms with Gasteiger partial charge in [0.15, 0.2) is 0 Å². The van der Waals surface area contributed by atoms with Gasteiger partial charge in [-0.3, -0.25) is 4.79 Å². The van der Waals surface area contributed by atoms with Gasteiger partial charge in [-0.05, 0) is 32.7 Å². The molecule has 2 aliphatic rings. The Morgan fingerprint density at radius 1 is 1.41 bits per heavy atom. The van der Waals surface area contributed by atoms with Crippen molar-refractivity contribution in [3.05, 3.63) is 0 Å². The zero-order valence-corrected chi connectivity index (χ0v) is 10.8. The van der Waals surface area contributed by atoms with Crippen LogP contribution in [-0.2, 0) is 9.53 Å². The third-order valence-corrected chi connectivity index (χ3v) is 3.76. The Hall–Kier alpha value is -0.610. The summed E-state index contributed by atoms with van der Waals surface area (Å²) in [5, 5.41) is 3.33. The summed E-state index contributed by atoms with van der Waals surface area (Å²) in [6, 6.07) is 0.0783. The van der Waals surface area contributed by atoms with E-state index in [-0.39, 0.29) is 6.04 Å². The minimum absolute atomic E-state index is 0.0783. The van der Waals surface area contributed by atoms with Gasteiger partial charge < -0.3 is 15.0 Å². The summed E-state index contributed by atoms with van der Waals surface area (Å²) in [6.07, 6.45) is 4.49. The molecule has 2 fully saturated rings. The summed E-state index contributed by atoms with van der Waals surface area (Å²) in [6.45, 7) is 6.38. The number of ether oxygens (including phenoxy) is 1. The van der Waals surface area contributed by atoms with Crippen LogP contribution in [0.15, 0.2) is 0 Å². The Labute approximate surface area is 104 Å². The van der Waals surface area contributed by atoms with Crippen LogP contribution in [0.2, 0.25) is 0 Å². The number of nitrogens with zero attached hydrogens (tertiary/aromatic N) is 1. The fourth-order valence-electron chi connectivity index (χ4n) is 2.74. The van der Waals surface area contributed by atoms with Crippen molar-refractivity contribution in [1.29, 1.82) is 0 Å². The molecule has 0 aliphatic carbocycles. The second kappa shape index (κ2) is 6.36. The normalized spacial score (nSPS) is 29.6. The second-order valence-electron chi connectivity index (χ2n) is 5.10. The van der Waals surface area contributed by atoms with E-state index in [2.05, 4.69) is 5.32 Å². The van der Waals surface area contributed by atoms with Gasteiger partial charge >= 0.3 is 0 Å². The highest BCUT2D eigenvalue weighted by molar-refractivity contribution is 5.82. The lowest BCUT2D eigenvalue weighted by Gasteiger charge is -2.27. The number of hydrogen-bond acceptors (Lipinski definition) is 3. The van der Waals surface area contributed by atoms with Crippen molar-refractivity contribution in [3.63, 3.8) is 0 Å². The standard InChI is InChI=1S/C13H24N2O2/c1-2-17-10-11-6-8-15(9-11)13(16)12-5-3-4-7-14-12/h11-12,14H,2-10H2,1H3. The van der Waals surface area contributed by atoms with Crippen LogP contribution in [-0.4, -0.2) is 49.7 Å². The molecular weight excluding hydrogens is 216 g/mol. The number of carbonyl (C=O) groups is 1. The lowest BCUT2D eigenvalue weighted by Crippen LogP contribution is -2.47. The number of rotatable bonds is 4. The van der Waals surface area contributed by atoms with E-state index >= 15 is 0 Å². The molecule has 2 aliphatic heterocycles. The molecule has 2 saturated heterocycles. The minimum Gasteiger partial charge on any atom is -0.381 e. The van der Waals surface area contributed by atoms with Crippen LogP contribution in [0.5, 0.6) is 0 Å². The average molecular weight is 240 g/mol. The van der Waals surface area contributed by atoms with Crippen molar-refractivity contribution in [1.82, 2.24) is 10.2 Å². The molecule has 2 unspecified atom stereocenters. The number of amides is 1. The molecule has 0 radical (unpaired) electrons. The zero-order valence-electron chi connectivity index (χ0n) is 10.8. The lowest BCUT2D eigenvalue weighted by molar-refractivity contribution is -0.133. The Kier molecular flexibility index (Phi) is 4.80. The second-order valence-corrected chi connectivity index (χ2v) is 5.10. The van der Waals surface area contributed by atoms with E-state index in [1.165, 1.54) is 12.8 Å². The number of likely N-dealkylation sites (tertiary alicyclic amines) is 1. The zero-order chi connectivity index (χ0) is 12.1. The van der Waals surface area contributed by atoms with Crippen molar-refractivity contribution in [2.45, 2.75) is 38.6 Å². The van der Waals surface area contributed by atoms with E-state index < -0.39 is 0 Å². The van der Waals surface area contributed by atoms with Gasteiger partial charge in [0, 0.05) is 25.6 Å². The average Bonchev–Trinajstić information content (AvgIpc) is 2.85. The van der Waals surface area contributed by atoms with Crippen LogP contribution in [0.4, 0.5) is 0 Å². The highest BCUT2D eigenvalue weighted by atomic mass is 16.5. The van der Waals surface area contributed by atoms with Crippen molar-refractivity contribution < 1.29 is 9.53 Å². The summed E-state index contributed by atoms with van der Waals surface area (Å²) < 4.78 is 5.44. The van der Waals surface area contributed by atoms with Crippen LogP contribution in [0.1, 0.15) is 32.6 Å². The van der Waals surface area contributed by atoms with Gasteiger partial charge in [0.05, 0.1) is 12.6 Å². The Balaban J connectivity index is 1.76. The molecule has 0 bridgehead atoms. The van der Waals surface area contributed by atoms with Crippen molar-refractivity contribution in [2.24, 2.45) is 5.92 Å². The maximum atomic E-state index is 12.2. The quantitative estimate of drug-likeness (QED) is 0.797. The first-order valence-electron chi connectivity index (χ1n) is 6.91. The Bertz CT molecular complexity index is 252. The lowest BCUT2D eigenvalue weighted by atomic mass is 10.0. The molecule has 2 atom stereocenters. The van der Waals surface area contributed by atoms with Crippen LogP contribution >= 0.6 is 0 Å². The molecule has 1 amide bonds. The molecule has 2 rings (SSSR count). The number of nitrogens with one attached hydrogen (secondary N) is 1. The molecule has 4 heteroatoms. The number of piperidine rings is 1. The summed E-state index contributed by atoms with van der Waals surface area (Å²) >= 11 is 0. The van der Waals surface area contributed by atoms with Crippen molar-refractivity contribution in [2.75, 3.05) is 32.8 Å². The van der Waals surface area contributed by atoms with Crippen LogP contribution in [0.3, 0.4) is 0 Å². The summed E-state index contributed by atoms with van der Waals surface area (Å²) in [7, 11) is 0. The van der Waals surface area contributed by atoms with Crippen molar-refractivity contribution in [3.8, 4) is 0 Å². The monoisotopic (exact) mass is 240 g/mol. The van der Waals surface area contributed by atoms with Crippen molar-refractivity contribution >= 4 is 5.91 Å². The summed E-state index contributed by atoms with van der Waals surface area (Å²) in [5.41, 5.74) is 0. The number of carbonyl (C=O) groups excluding carboxylic acids is 1. The van der Waals surface area contributed by atoms with E-state index in [0.29, 0.717) is 11.8 Å². The highest BCUT2D eigenvalue weighted by Crippen LogP contribution is 2.19. The molecule has 2 heterocycles. The van der Waals surface area contributed by atoms with Gasteiger partial charge in [0.25, 0.3) is 0 Å². The maximum Gasteiger partial charge on any atom is 0.239 e. The minimum atomic E-state index is 0.0783. The molecule has 0 aromatic rings. The predicted octanol–water partition coefficient (Wildman–Crippen LogP) is 1.01. The highest BCUT2D eigenvalue weighted by Gasteiger charge is 2.31. The van der Waals surface area contributed by atoms with Gasteiger partial charge in [-0.1, -0.05) is 6.42 Å². The smallest absolute Gasteiger partial charge is 0.239 e. The first kappa shape index (κ1) is 12.8. The Morgan fingerprint density at radius 2 is 2.29 bits per heavy atom. The molecule has 1 N–H and O–H groups in total. The number of hydrogen-bond donors (Lipinski definition) is 1. The SMILES string of the molecule is CCOCC1CCN(C(=O)C2CCCCN2)C1. The van der Waals surface area contributed by atoms with E-state index in [9.17, 15) is 4.79 Å². The third kappa shape index (κ3) is 3.42. The van der Waals surface area contributed by atoms with Gasteiger partial charge in [0.1, 0.15) is 0 Å². The van der Waals surface area contributed by atoms with E-state index in [4.69, 9.17) is 4.74 Å². The maximum absolute atomic E-state index is 12.2. The van der Waals surface area contributed by atoms with Gasteiger partial charge in [0.2, 0.25) is 5.91 Å². The fourth-order valence-corrected chi connectivity index (χ4v) is 2.74. The largest absolute Gasteiger partial charge is 0.381 e. The molecule has 0 spiro atoms. The first-order chi connectivity index (χ1) is 8.31. The molecule has 0 aromatic heterocycles.